The number of aromatic amines is 1. The van der Waals surface area contributed by atoms with E-state index in [1.807, 2.05) is 0 Å². The maximum absolute atomic E-state index is 14.2. The summed E-state index contributed by atoms with van der Waals surface area (Å²) >= 11 is 0. The van der Waals surface area contributed by atoms with Crippen molar-refractivity contribution in [3.63, 3.8) is 0 Å². The Bertz CT molecular complexity index is 1080. The van der Waals surface area contributed by atoms with Gasteiger partial charge >= 0.3 is 0 Å². The van der Waals surface area contributed by atoms with Crippen molar-refractivity contribution in [2.24, 2.45) is 0 Å². The van der Waals surface area contributed by atoms with Crippen LogP contribution < -0.4 is 10.6 Å². The number of rotatable bonds is 6. The number of carbonyl (C=O) groups is 2. The maximum Gasteiger partial charge on any atom is 0.242 e. The van der Waals surface area contributed by atoms with Crippen LogP contribution >= 0.6 is 0 Å². The van der Waals surface area contributed by atoms with Gasteiger partial charge in [0.2, 0.25) is 17.8 Å². The lowest BCUT2D eigenvalue weighted by molar-refractivity contribution is -0.127. The van der Waals surface area contributed by atoms with Crippen LogP contribution in [-0.4, -0.2) is 34.4 Å². The molecular weight excluding hydrogens is 390 g/mol. The van der Waals surface area contributed by atoms with Gasteiger partial charge in [-0.05, 0) is 66.4 Å². The topological polar surface area (TPSA) is 86.9 Å². The molecule has 30 heavy (non-hydrogen) atoms. The highest BCUT2D eigenvalue weighted by Gasteiger charge is 2.25. The van der Waals surface area contributed by atoms with Gasteiger partial charge < -0.3 is 15.6 Å². The van der Waals surface area contributed by atoms with E-state index in [4.69, 9.17) is 0 Å². The van der Waals surface area contributed by atoms with Crippen molar-refractivity contribution < 1.29 is 18.4 Å². The fourth-order valence-corrected chi connectivity index (χ4v) is 3.55. The Labute approximate surface area is 171 Å². The maximum atomic E-state index is 14.2. The van der Waals surface area contributed by atoms with Gasteiger partial charge in [-0.25, -0.2) is 9.37 Å². The van der Waals surface area contributed by atoms with E-state index in [1.54, 1.807) is 30.3 Å². The molecule has 1 fully saturated rings. The van der Waals surface area contributed by atoms with Crippen LogP contribution in [0.1, 0.15) is 18.4 Å². The number of aromatic nitrogens is 2. The van der Waals surface area contributed by atoms with Crippen molar-refractivity contribution in [1.82, 2.24) is 20.6 Å². The highest BCUT2D eigenvalue weighted by atomic mass is 19.1. The van der Waals surface area contributed by atoms with Crippen molar-refractivity contribution in [2.45, 2.75) is 25.3 Å². The van der Waals surface area contributed by atoms with Crippen molar-refractivity contribution in [1.29, 1.82) is 0 Å². The van der Waals surface area contributed by atoms with E-state index < -0.39 is 12.0 Å². The third kappa shape index (κ3) is 4.22. The van der Waals surface area contributed by atoms with Crippen LogP contribution in [0.5, 0.6) is 0 Å². The first-order valence-corrected chi connectivity index (χ1v) is 9.67. The van der Waals surface area contributed by atoms with Crippen LogP contribution in [0.4, 0.5) is 8.78 Å². The molecular formula is C22H20F2N4O2. The quantitative estimate of drug-likeness (QED) is 0.546. The Hall–Kier alpha value is -3.55. The second-order valence-electron chi connectivity index (χ2n) is 7.13. The van der Waals surface area contributed by atoms with Crippen LogP contribution in [0.25, 0.3) is 22.5 Å². The molecule has 1 atom stereocenters. The van der Waals surface area contributed by atoms with Crippen molar-refractivity contribution >= 4 is 11.8 Å². The van der Waals surface area contributed by atoms with Gasteiger partial charge in [-0.15, -0.1) is 0 Å². The molecule has 3 aromatic rings. The number of benzene rings is 1. The molecule has 2 amide bonds. The standard InChI is InChI=1S/C22H20F2N4O2/c23-15-6-3-13(4-7-15)20-14(5-8-19(29)27-17-9-11-26-22(17)30)12-18(28-20)16-2-1-10-25-21(16)24/h1-4,6-7,10,12,17,28H,5,8-9,11H2,(H,26,30)(H,27,29). The fourth-order valence-electron chi connectivity index (χ4n) is 3.55. The molecule has 6 nitrogen and oxygen atoms in total. The number of H-pyrrole nitrogens is 1. The molecule has 1 saturated heterocycles. The van der Waals surface area contributed by atoms with Gasteiger partial charge in [-0.3, -0.25) is 9.59 Å². The van der Waals surface area contributed by atoms with Gasteiger partial charge in [-0.1, -0.05) is 0 Å². The summed E-state index contributed by atoms with van der Waals surface area (Å²) in [5.41, 5.74) is 3.01. The lowest BCUT2D eigenvalue weighted by atomic mass is 10.0. The molecule has 8 heteroatoms. The van der Waals surface area contributed by atoms with Crippen LogP contribution in [0.15, 0.2) is 48.7 Å². The summed E-state index contributed by atoms with van der Waals surface area (Å²) in [5.74, 6) is -1.38. The molecule has 0 bridgehead atoms. The first kappa shape index (κ1) is 19.8. The van der Waals surface area contributed by atoms with E-state index in [1.165, 1.54) is 18.3 Å². The summed E-state index contributed by atoms with van der Waals surface area (Å²) in [4.78, 5) is 30.8. The van der Waals surface area contributed by atoms with Gasteiger partial charge in [0.15, 0.2) is 0 Å². The van der Waals surface area contributed by atoms with Gasteiger partial charge in [0, 0.05) is 24.9 Å². The summed E-state index contributed by atoms with van der Waals surface area (Å²) in [6.07, 6.45) is 2.46. The van der Waals surface area contributed by atoms with E-state index >= 15 is 0 Å². The van der Waals surface area contributed by atoms with Crippen molar-refractivity contribution in [3.05, 3.63) is 66.0 Å². The molecule has 1 aromatic carbocycles. The highest BCUT2D eigenvalue weighted by Crippen LogP contribution is 2.30. The van der Waals surface area contributed by atoms with E-state index in [2.05, 4.69) is 20.6 Å². The molecule has 1 aliphatic heterocycles. The molecule has 154 valence electrons. The zero-order valence-electron chi connectivity index (χ0n) is 16.0. The zero-order chi connectivity index (χ0) is 21.1. The second kappa shape index (κ2) is 8.44. The third-order valence-corrected chi connectivity index (χ3v) is 5.09. The Morgan fingerprint density at radius 2 is 2.00 bits per heavy atom. The predicted octanol–water partition coefficient (Wildman–Crippen LogP) is 2.96. The SMILES string of the molecule is O=C(CCc1cc(-c2cccnc2F)[nH]c1-c1ccc(F)cc1)NC1CCNC1=O. The Kier molecular flexibility index (Phi) is 5.56. The summed E-state index contributed by atoms with van der Waals surface area (Å²) in [7, 11) is 0. The number of aryl methyl sites for hydroxylation is 1. The lowest BCUT2D eigenvalue weighted by Gasteiger charge is -2.10. The summed E-state index contributed by atoms with van der Waals surface area (Å²) in [6.45, 7) is 0.552. The molecule has 3 N–H and O–H groups in total. The van der Waals surface area contributed by atoms with Gasteiger partial charge in [0.05, 0.1) is 11.3 Å². The van der Waals surface area contributed by atoms with Gasteiger partial charge in [0.1, 0.15) is 11.9 Å². The Balaban J connectivity index is 1.58. The number of nitrogens with zero attached hydrogens (tertiary/aromatic N) is 1. The molecule has 4 rings (SSSR count). The first-order chi connectivity index (χ1) is 14.5. The van der Waals surface area contributed by atoms with Crippen LogP contribution in [-0.2, 0) is 16.0 Å². The highest BCUT2D eigenvalue weighted by molar-refractivity contribution is 5.89. The van der Waals surface area contributed by atoms with Crippen molar-refractivity contribution in [2.75, 3.05) is 6.54 Å². The number of hydrogen-bond acceptors (Lipinski definition) is 3. The van der Waals surface area contributed by atoms with E-state index in [9.17, 15) is 18.4 Å². The number of pyridine rings is 1. The summed E-state index contributed by atoms with van der Waals surface area (Å²) < 4.78 is 27.5. The number of amides is 2. The molecule has 0 saturated carbocycles. The predicted molar refractivity (Wildman–Crippen MR) is 107 cm³/mol. The normalized spacial score (nSPS) is 15.8. The molecule has 0 spiro atoms. The monoisotopic (exact) mass is 410 g/mol. The minimum absolute atomic E-state index is 0.158. The number of nitrogens with one attached hydrogen (secondary N) is 3. The lowest BCUT2D eigenvalue weighted by Crippen LogP contribution is -2.40. The minimum Gasteiger partial charge on any atom is -0.354 e. The van der Waals surface area contributed by atoms with Gasteiger partial charge in [0.25, 0.3) is 0 Å². The number of halogens is 2. The van der Waals surface area contributed by atoms with Crippen molar-refractivity contribution in [3.8, 4) is 22.5 Å². The number of hydrogen-bond donors (Lipinski definition) is 3. The molecule has 0 aliphatic carbocycles. The summed E-state index contributed by atoms with van der Waals surface area (Å²) in [5, 5.41) is 5.41. The Morgan fingerprint density at radius 3 is 2.70 bits per heavy atom. The molecule has 2 aromatic heterocycles. The molecule has 1 aliphatic rings. The van der Waals surface area contributed by atoms with Crippen LogP contribution in [0, 0.1) is 11.8 Å². The first-order valence-electron chi connectivity index (χ1n) is 9.67. The second-order valence-corrected chi connectivity index (χ2v) is 7.13. The van der Waals surface area contributed by atoms with E-state index in [0.29, 0.717) is 36.3 Å². The van der Waals surface area contributed by atoms with Crippen LogP contribution in [0.3, 0.4) is 0 Å². The summed E-state index contributed by atoms with van der Waals surface area (Å²) in [6, 6.07) is 10.4. The minimum atomic E-state index is -0.610. The average Bonchev–Trinajstić information content (AvgIpc) is 3.34. The average molecular weight is 410 g/mol. The fraction of sp³-hybridized carbons (Fsp3) is 0.227. The van der Waals surface area contributed by atoms with E-state index in [0.717, 1.165) is 11.1 Å². The largest absolute Gasteiger partial charge is 0.354 e. The molecule has 1 unspecified atom stereocenters. The zero-order valence-corrected chi connectivity index (χ0v) is 16.0. The smallest absolute Gasteiger partial charge is 0.242 e. The number of carbonyl (C=O) groups excluding carboxylic acids is 2. The molecule has 0 radical (unpaired) electrons. The van der Waals surface area contributed by atoms with Crippen LogP contribution in [0.2, 0.25) is 0 Å². The molecule has 3 heterocycles. The van der Waals surface area contributed by atoms with Gasteiger partial charge in [-0.2, -0.15) is 4.39 Å². The van der Waals surface area contributed by atoms with E-state index in [-0.39, 0.29) is 24.1 Å². The third-order valence-electron chi connectivity index (χ3n) is 5.09. The Morgan fingerprint density at radius 1 is 1.20 bits per heavy atom.